The number of ether oxygens (including phenoxy) is 2. The molecule has 0 aromatic rings. The van der Waals surface area contributed by atoms with E-state index in [1.807, 2.05) is 13.8 Å². The van der Waals surface area contributed by atoms with E-state index in [0.717, 1.165) is 0 Å². The van der Waals surface area contributed by atoms with E-state index in [4.69, 9.17) is 9.47 Å². The summed E-state index contributed by atoms with van der Waals surface area (Å²) in [6.45, 7) is 13.8. The molecule has 0 saturated carbocycles. The Kier molecular flexibility index (Phi) is 10.7. The number of aliphatic hydroxyl groups is 1. The maximum Gasteiger partial charge on any atom is 0.312 e. The molecule has 3 fully saturated rings. The van der Waals surface area contributed by atoms with E-state index in [9.17, 15) is 24.3 Å². The Morgan fingerprint density at radius 1 is 1.23 bits per heavy atom. The molecule has 39 heavy (non-hydrogen) atoms. The number of amides is 3. The predicted octanol–water partition coefficient (Wildman–Crippen LogP) is 1.96. The highest BCUT2D eigenvalue weighted by Gasteiger charge is 2.75. The number of nitrogens with one attached hydrogen (secondary N) is 1. The van der Waals surface area contributed by atoms with Gasteiger partial charge < -0.3 is 29.7 Å². The third-order valence-corrected chi connectivity index (χ3v) is 8.08. The van der Waals surface area contributed by atoms with Crippen LogP contribution >= 0.6 is 0 Å². The largest absolute Gasteiger partial charge is 0.460 e. The maximum atomic E-state index is 14.0. The number of fused-ring (bicyclic) bond motifs is 1. The van der Waals surface area contributed by atoms with Crippen molar-refractivity contribution in [1.29, 1.82) is 0 Å². The molecule has 6 atom stereocenters. The van der Waals surface area contributed by atoms with Crippen molar-refractivity contribution in [2.24, 2.45) is 11.8 Å². The third-order valence-electron chi connectivity index (χ3n) is 8.08. The summed E-state index contributed by atoms with van der Waals surface area (Å²) in [6, 6.07) is -0.949. The first-order chi connectivity index (χ1) is 18.6. The van der Waals surface area contributed by atoms with E-state index in [-0.39, 0.29) is 36.9 Å². The van der Waals surface area contributed by atoms with Gasteiger partial charge in [-0.15, -0.1) is 13.2 Å². The number of aliphatic hydroxyl groups excluding tert-OH is 1. The number of unbranched alkanes of at least 4 members (excludes halogenated alkanes) is 2. The zero-order chi connectivity index (χ0) is 28.7. The average Bonchev–Trinajstić information content (AvgIpc) is 3.54. The first kappa shape index (κ1) is 30.8. The number of allylic oxidation sites excluding steroid dienone is 1. The number of nitrogens with zero attached hydrogens (tertiary/aromatic N) is 2. The second-order valence-corrected chi connectivity index (χ2v) is 11.1. The Labute approximate surface area is 231 Å². The molecule has 3 rings (SSSR count). The lowest BCUT2D eigenvalue weighted by Crippen LogP contribution is -2.57. The molecule has 3 aliphatic rings. The minimum atomic E-state index is -1.09. The molecule has 0 aliphatic carbocycles. The molecule has 10 heteroatoms. The molecule has 2 bridgehead atoms. The number of hydrogen-bond donors (Lipinski definition) is 2. The molecule has 218 valence electrons. The van der Waals surface area contributed by atoms with Crippen LogP contribution in [0.3, 0.4) is 0 Å². The zero-order valence-corrected chi connectivity index (χ0v) is 23.6. The minimum Gasteiger partial charge on any atom is -0.460 e. The second-order valence-electron chi connectivity index (χ2n) is 11.1. The standard InChI is InChI=1S/C29H45N3O7/c1-6-8-12-22(34)30-18-20(5)38-28(37)23-21-13-14-29(39-21)24(23)26(35)32(16-10-9-11-17-33)25(29)27(36)31(15-7-2)19(3)4/h6-7,19-21,23-25,33H,1-2,8-18H2,3-5H3,(H,30,34)/t20-,21-,23+,24+,25-,29+/m1/s1. The Bertz CT molecular complexity index is 938. The second kappa shape index (κ2) is 13.6. The molecule has 3 saturated heterocycles. The molecule has 0 unspecified atom stereocenters. The van der Waals surface area contributed by atoms with Crippen molar-refractivity contribution in [3.8, 4) is 0 Å². The lowest BCUT2D eigenvalue weighted by molar-refractivity contribution is -0.159. The van der Waals surface area contributed by atoms with Crippen LogP contribution in [0, 0.1) is 11.8 Å². The first-order valence-corrected chi connectivity index (χ1v) is 14.2. The fraction of sp³-hybridized carbons (Fsp3) is 0.724. The quantitative estimate of drug-likeness (QED) is 0.172. The van der Waals surface area contributed by atoms with Crippen LogP contribution < -0.4 is 5.32 Å². The molecule has 10 nitrogen and oxygen atoms in total. The number of carbonyl (C=O) groups excluding carboxylic acids is 4. The topological polar surface area (TPSA) is 125 Å². The average molecular weight is 548 g/mol. The van der Waals surface area contributed by atoms with Crippen molar-refractivity contribution in [1.82, 2.24) is 15.1 Å². The van der Waals surface area contributed by atoms with E-state index >= 15 is 0 Å². The van der Waals surface area contributed by atoms with Gasteiger partial charge in [-0.3, -0.25) is 19.2 Å². The van der Waals surface area contributed by atoms with Gasteiger partial charge in [-0.1, -0.05) is 12.2 Å². The summed E-state index contributed by atoms with van der Waals surface area (Å²) < 4.78 is 12.2. The minimum absolute atomic E-state index is 0.0644. The van der Waals surface area contributed by atoms with Gasteiger partial charge in [-0.25, -0.2) is 0 Å². The van der Waals surface area contributed by atoms with E-state index in [1.165, 1.54) is 0 Å². The van der Waals surface area contributed by atoms with Crippen molar-refractivity contribution in [2.45, 2.75) is 95.6 Å². The van der Waals surface area contributed by atoms with Gasteiger partial charge in [0.15, 0.2) is 0 Å². The molecule has 3 amide bonds. The van der Waals surface area contributed by atoms with E-state index in [2.05, 4.69) is 18.5 Å². The van der Waals surface area contributed by atoms with E-state index in [1.54, 1.807) is 28.9 Å². The predicted molar refractivity (Wildman–Crippen MR) is 145 cm³/mol. The van der Waals surface area contributed by atoms with Gasteiger partial charge in [-0.05, 0) is 59.3 Å². The van der Waals surface area contributed by atoms with E-state index < -0.39 is 41.7 Å². The molecular formula is C29H45N3O7. The summed E-state index contributed by atoms with van der Waals surface area (Å²) in [4.78, 5) is 56.6. The Morgan fingerprint density at radius 2 is 1.97 bits per heavy atom. The van der Waals surface area contributed by atoms with Crippen LogP contribution in [0.2, 0.25) is 0 Å². The number of esters is 1. The van der Waals surface area contributed by atoms with Crippen LogP contribution in [0.1, 0.15) is 65.7 Å². The lowest BCUT2D eigenvalue weighted by atomic mass is 9.70. The summed E-state index contributed by atoms with van der Waals surface area (Å²) in [6.07, 6.45) is 6.13. The summed E-state index contributed by atoms with van der Waals surface area (Å²) in [5.41, 5.74) is -1.09. The molecule has 3 heterocycles. The fourth-order valence-corrected chi connectivity index (χ4v) is 6.26. The first-order valence-electron chi connectivity index (χ1n) is 14.2. The third kappa shape index (κ3) is 6.38. The van der Waals surface area contributed by atoms with Crippen molar-refractivity contribution in [3.63, 3.8) is 0 Å². The number of rotatable bonds is 16. The van der Waals surface area contributed by atoms with Gasteiger partial charge in [0.05, 0.1) is 24.5 Å². The SMILES string of the molecule is C=CCCC(=O)NC[C@@H](C)OC(=O)[C@@H]1[C@H]2C(=O)N(CCCCCO)[C@H](C(=O)N(CC=C)C(C)C)[C@]23CC[C@H]1O3. The Hall–Kier alpha value is -2.72. The van der Waals surface area contributed by atoms with Crippen molar-refractivity contribution in [3.05, 3.63) is 25.3 Å². The van der Waals surface area contributed by atoms with Gasteiger partial charge >= 0.3 is 5.97 Å². The molecule has 0 aromatic heterocycles. The maximum absolute atomic E-state index is 14.0. The van der Waals surface area contributed by atoms with Crippen LogP contribution in [-0.2, 0) is 28.7 Å². The van der Waals surface area contributed by atoms with Gasteiger partial charge in [0, 0.05) is 32.2 Å². The summed E-state index contributed by atoms with van der Waals surface area (Å²) in [5.74, 6) is -2.76. The van der Waals surface area contributed by atoms with Crippen molar-refractivity contribution in [2.75, 3.05) is 26.2 Å². The highest BCUT2D eigenvalue weighted by Crippen LogP contribution is 2.59. The monoisotopic (exact) mass is 547 g/mol. The van der Waals surface area contributed by atoms with Crippen LogP contribution in [0.15, 0.2) is 25.3 Å². The molecule has 0 radical (unpaired) electrons. The zero-order valence-electron chi connectivity index (χ0n) is 23.6. The van der Waals surface area contributed by atoms with Gasteiger partial charge in [0.25, 0.3) is 0 Å². The molecule has 3 aliphatic heterocycles. The Balaban J connectivity index is 1.82. The van der Waals surface area contributed by atoms with Gasteiger partial charge in [0.2, 0.25) is 17.7 Å². The number of likely N-dealkylation sites (tertiary alicyclic amines) is 1. The van der Waals surface area contributed by atoms with Crippen molar-refractivity contribution < 1.29 is 33.8 Å². The van der Waals surface area contributed by atoms with Crippen LogP contribution in [0.5, 0.6) is 0 Å². The fourth-order valence-electron chi connectivity index (χ4n) is 6.26. The summed E-state index contributed by atoms with van der Waals surface area (Å²) >= 11 is 0. The molecular weight excluding hydrogens is 502 g/mol. The van der Waals surface area contributed by atoms with E-state index in [0.29, 0.717) is 58.0 Å². The Morgan fingerprint density at radius 3 is 2.62 bits per heavy atom. The number of hydrogen-bond acceptors (Lipinski definition) is 7. The lowest BCUT2D eigenvalue weighted by Gasteiger charge is -2.38. The smallest absolute Gasteiger partial charge is 0.312 e. The van der Waals surface area contributed by atoms with Crippen LogP contribution in [-0.4, -0.2) is 94.7 Å². The van der Waals surface area contributed by atoms with Gasteiger partial charge in [-0.2, -0.15) is 0 Å². The molecule has 0 aromatic carbocycles. The normalized spacial score (nSPS) is 27.8. The summed E-state index contributed by atoms with van der Waals surface area (Å²) in [7, 11) is 0. The van der Waals surface area contributed by atoms with Crippen LogP contribution in [0.25, 0.3) is 0 Å². The van der Waals surface area contributed by atoms with Crippen molar-refractivity contribution >= 4 is 23.7 Å². The molecule has 1 spiro atoms. The van der Waals surface area contributed by atoms with Crippen LogP contribution in [0.4, 0.5) is 0 Å². The number of carbonyl (C=O) groups is 4. The molecule has 2 N–H and O–H groups in total. The highest BCUT2D eigenvalue weighted by molar-refractivity contribution is 5.98. The summed E-state index contributed by atoms with van der Waals surface area (Å²) in [5, 5.41) is 11.9. The van der Waals surface area contributed by atoms with Gasteiger partial charge in [0.1, 0.15) is 17.7 Å². The highest BCUT2D eigenvalue weighted by atomic mass is 16.6.